The Hall–Kier alpha value is -1.69. The summed E-state index contributed by atoms with van der Waals surface area (Å²) < 4.78 is 0.926. The van der Waals surface area contributed by atoms with Crippen LogP contribution in [0.15, 0.2) is 48.3 Å². The Bertz CT molecular complexity index is 992. The van der Waals surface area contributed by atoms with Crippen LogP contribution in [0.4, 0.5) is 0 Å². The van der Waals surface area contributed by atoms with Crippen molar-refractivity contribution < 1.29 is 9.84 Å². The molecule has 3 saturated heterocycles. The van der Waals surface area contributed by atoms with E-state index in [2.05, 4.69) is 34.1 Å². The lowest BCUT2D eigenvalue weighted by molar-refractivity contribution is -0.605. The molecule has 2 unspecified atom stereocenters. The molecular formula is C31H45N3O2. The molecule has 5 heterocycles. The number of fused-ring (bicyclic) bond motifs is 2. The average Bonchev–Trinajstić information content (AvgIpc) is 3.13. The second-order valence-electron chi connectivity index (χ2n) is 12.5. The number of rotatable bonds is 2. The maximum absolute atomic E-state index is 12.7. The third kappa shape index (κ3) is 4.56. The van der Waals surface area contributed by atoms with E-state index in [9.17, 15) is 10.3 Å². The molecule has 36 heavy (non-hydrogen) atoms. The molecule has 3 fully saturated rings. The zero-order chi connectivity index (χ0) is 24.6. The molecular weight excluding hydrogens is 446 g/mol. The highest BCUT2D eigenvalue weighted by atomic mass is 16.5. The van der Waals surface area contributed by atoms with Gasteiger partial charge in [-0.05, 0) is 95.8 Å². The van der Waals surface area contributed by atoms with Crippen LogP contribution in [0.5, 0.6) is 0 Å². The molecule has 5 aliphatic rings. The summed E-state index contributed by atoms with van der Waals surface area (Å²) in [6, 6.07) is 4.75. The maximum Gasteiger partial charge on any atom is 0.183 e. The van der Waals surface area contributed by atoms with Gasteiger partial charge in [0.15, 0.2) is 12.4 Å². The number of aromatic nitrogens is 1. The summed E-state index contributed by atoms with van der Waals surface area (Å²) in [4.78, 5) is 5.56. The van der Waals surface area contributed by atoms with E-state index in [0.717, 1.165) is 55.6 Å². The Morgan fingerprint density at radius 3 is 2.78 bits per heavy atom. The van der Waals surface area contributed by atoms with Crippen LogP contribution in [-0.2, 0) is 6.42 Å². The molecule has 1 spiro atoms. The first kappa shape index (κ1) is 24.6. The van der Waals surface area contributed by atoms with Gasteiger partial charge in [0.1, 0.15) is 0 Å². The van der Waals surface area contributed by atoms with Crippen molar-refractivity contribution >= 4 is 0 Å². The summed E-state index contributed by atoms with van der Waals surface area (Å²) in [6.45, 7) is 4.61. The zero-order valence-electron chi connectivity index (χ0n) is 22.0. The Labute approximate surface area is 217 Å². The fourth-order valence-electron chi connectivity index (χ4n) is 8.91. The topological polar surface area (TPSA) is 53.7 Å². The molecule has 196 valence electrons. The summed E-state index contributed by atoms with van der Waals surface area (Å²) in [7, 11) is 0. The third-order valence-corrected chi connectivity index (χ3v) is 10.2. The van der Waals surface area contributed by atoms with E-state index >= 15 is 0 Å². The van der Waals surface area contributed by atoms with Gasteiger partial charge in [-0.2, -0.15) is 4.73 Å². The largest absolute Gasteiger partial charge is 0.619 e. The second kappa shape index (κ2) is 10.2. The van der Waals surface area contributed by atoms with E-state index in [-0.39, 0.29) is 11.5 Å². The minimum Gasteiger partial charge on any atom is -0.619 e. The monoisotopic (exact) mass is 491 g/mol. The van der Waals surface area contributed by atoms with Gasteiger partial charge in [0, 0.05) is 35.7 Å². The van der Waals surface area contributed by atoms with E-state index in [1.54, 1.807) is 12.4 Å². The van der Waals surface area contributed by atoms with Gasteiger partial charge in [0.25, 0.3) is 0 Å². The fourth-order valence-corrected chi connectivity index (χ4v) is 8.91. The minimum atomic E-state index is -0.816. The lowest BCUT2D eigenvalue weighted by Gasteiger charge is -2.58. The van der Waals surface area contributed by atoms with Gasteiger partial charge in [0.2, 0.25) is 0 Å². The Kier molecular flexibility index (Phi) is 7.00. The van der Waals surface area contributed by atoms with E-state index in [1.165, 1.54) is 69.9 Å². The molecule has 1 aromatic rings. The van der Waals surface area contributed by atoms with Crippen molar-refractivity contribution in [2.75, 3.05) is 26.2 Å². The molecule has 4 aliphatic heterocycles. The molecule has 0 aromatic carbocycles. The molecule has 5 nitrogen and oxygen atoms in total. The van der Waals surface area contributed by atoms with Gasteiger partial charge in [-0.3, -0.25) is 4.90 Å². The quantitative estimate of drug-likeness (QED) is 0.368. The second-order valence-corrected chi connectivity index (χ2v) is 12.5. The fraction of sp³-hybridized carbons (Fsp3) is 0.710. The maximum atomic E-state index is 12.7. The van der Waals surface area contributed by atoms with Crippen LogP contribution in [0.3, 0.4) is 0 Å². The zero-order valence-corrected chi connectivity index (χ0v) is 22.0. The highest BCUT2D eigenvalue weighted by Gasteiger charge is 2.65. The van der Waals surface area contributed by atoms with Crippen molar-refractivity contribution in [2.45, 2.75) is 101 Å². The molecule has 6 atom stereocenters. The predicted octanol–water partition coefficient (Wildman–Crippen LogP) is 4.77. The van der Waals surface area contributed by atoms with Crippen molar-refractivity contribution in [1.82, 2.24) is 9.80 Å². The lowest BCUT2D eigenvalue weighted by Crippen LogP contribution is -2.66. The van der Waals surface area contributed by atoms with E-state index in [0.29, 0.717) is 12.0 Å². The number of hydrogen-bond donors (Lipinski definition) is 1. The number of allylic oxidation sites excluding steroid dienone is 3. The van der Waals surface area contributed by atoms with Gasteiger partial charge >= 0.3 is 0 Å². The van der Waals surface area contributed by atoms with E-state index in [1.807, 2.05) is 6.07 Å². The van der Waals surface area contributed by atoms with Crippen LogP contribution < -0.4 is 4.73 Å². The van der Waals surface area contributed by atoms with Gasteiger partial charge < -0.3 is 15.2 Å². The van der Waals surface area contributed by atoms with Gasteiger partial charge in [-0.25, -0.2) is 0 Å². The summed E-state index contributed by atoms with van der Waals surface area (Å²) in [5.41, 5.74) is 1.75. The summed E-state index contributed by atoms with van der Waals surface area (Å²) >= 11 is 0. The van der Waals surface area contributed by atoms with Crippen LogP contribution in [-0.4, -0.2) is 58.8 Å². The first-order valence-electron chi connectivity index (χ1n) is 14.8. The number of hydrogen-bond acceptors (Lipinski definition) is 4. The van der Waals surface area contributed by atoms with Crippen LogP contribution >= 0.6 is 0 Å². The highest BCUT2D eigenvalue weighted by molar-refractivity contribution is 5.35. The molecule has 0 radical (unpaired) electrons. The predicted molar refractivity (Wildman–Crippen MR) is 143 cm³/mol. The molecule has 0 amide bonds. The number of nitrogens with zero attached hydrogens (tertiary/aromatic N) is 3. The normalized spacial score (nSPS) is 40.4. The average molecular weight is 492 g/mol. The van der Waals surface area contributed by atoms with Crippen LogP contribution in [0, 0.1) is 16.5 Å². The first-order chi connectivity index (χ1) is 17.6. The Morgan fingerprint density at radius 1 is 1.00 bits per heavy atom. The van der Waals surface area contributed by atoms with Crippen molar-refractivity contribution in [3.8, 4) is 0 Å². The molecule has 6 rings (SSSR count). The van der Waals surface area contributed by atoms with Gasteiger partial charge in [0.05, 0.1) is 5.60 Å². The first-order valence-corrected chi connectivity index (χ1v) is 14.8. The molecule has 3 bridgehead atoms. The van der Waals surface area contributed by atoms with E-state index in [4.69, 9.17) is 0 Å². The molecule has 1 aromatic heterocycles. The lowest BCUT2D eigenvalue weighted by atomic mass is 9.54. The molecule has 1 N–H and O–H groups in total. The molecule has 5 heteroatoms. The summed E-state index contributed by atoms with van der Waals surface area (Å²) in [5.74, 6) is 0.494. The smallest absolute Gasteiger partial charge is 0.183 e. The van der Waals surface area contributed by atoms with Crippen molar-refractivity contribution in [2.24, 2.45) is 11.3 Å². The Balaban J connectivity index is 1.45. The van der Waals surface area contributed by atoms with E-state index < -0.39 is 5.60 Å². The summed E-state index contributed by atoms with van der Waals surface area (Å²) in [6.07, 6.45) is 25.4. The Morgan fingerprint density at radius 2 is 1.86 bits per heavy atom. The number of aliphatic hydroxyl groups is 1. The van der Waals surface area contributed by atoms with Gasteiger partial charge in [-0.15, -0.1) is 0 Å². The summed E-state index contributed by atoms with van der Waals surface area (Å²) in [5, 5.41) is 24.8. The van der Waals surface area contributed by atoms with Gasteiger partial charge in [-0.1, -0.05) is 43.1 Å². The third-order valence-electron chi connectivity index (χ3n) is 10.2. The van der Waals surface area contributed by atoms with Crippen molar-refractivity contribution in [1.29, 1.82) is 0 Å². The number of piperidine rings is 1. The SMILES string of the molecule is [O-][n+]1cccc(CC2=C[C@@]3(O)CC/C=C\CCCCN4CC[C@@H]2[C@]2(C[C@@H]5CCCCCCN5C23)C4)c1. The number of pyridine rings is 1. The standard InChI is InChI=1S/C31H45N3O2/c35-31-15-8-4-1-2-5-9-16-32-19-14-28(26(21-31)20-25-12-11-17-33(36)23-25)30(24-32)22-27-13-7-3-6-10-18-34(27)29(30)31/h1,4,11-12,17,21,23,27-29,35H,2-3,5-10,13-16,18-20,22,24H2/b4-1-/t27-,28-,29?,30-,31-/m0/s1. The minimum absolute atomic E-state index is 0.103. The van der Waals surface area contributed by atoms with Crippen LogP contribution in [0.25, 0.3) is 0 Å². The molecule has 0 saturated carbocycles. The van der Waals surface area contributed by atoms with Crippen molar-refractivity contribution in [3.05, 3.63) is 59.1 Å². The van der Waals surface area contributed by atoms with Crippen molar-refractivity contribution in [3.63, 3.8) is 0 Å². The highest BCUT2D eigenvalue weighted by Crippen LogP contribution is 2.60. The molecule has 1 aliphatic carbocycles. The van der Waals surface area contributed by atoms with Crippen LogP contribution in [0.2, 0.25) is 0 Å². The van der Waals surface area contributed by atoms with Crippen LogP contribution in [0.1, 0.15) is 82.6 Å².